The summed E-state index contributed by atoms with van der Waals surface area (Å²) >= 11 is 0. The number of nitrogens with one attached hydrogen (secondary N) is 1. The molecule has 2 unspecified atom stereocenters. The molecule has 1 saturated heterocycles. The van der Waals surface area contributed by atoms with Crippen molar-refractivity contribution in [1.82, 2.24) is 10.2 Å². The Labute approximate surface area is 95.8 Å². The monoisotopic (exact) mass is 228 g/mol. The van der Waals surface area contributed by atoms with Crippen LogP contribution in [0.5, 0.6) is 0 Å². The van der Waals surface area contributed by atoms with Gasteiger partial charge in [0.2, 0.25) is 11.8 Å². The fourth-order valence-corrected chi connectivity index (χ4v) is 1.82. The lowest BCUT2D eigenvalue weighted by molar-refractivity contribution is -0.130. The molecule has 0 aromatic heterocycles. The Morgan fingerprint density at radius 3 is 2.81 bits per heavy atom. The molecule has 5 nitrogen and oxygen atoms in total. The molecule has 0 bridgehead atoms. The molecule has 2 N–H and O–H groups in total. The van der Waals surface area contributed by atoms with Crippen LogP contribution in [0.3, 0.4) is 0 Å². The van der Waals surface area contributed by atoms with Gasteiger partial charge in [-0.05, 0) is 13.3 Å². The first-order valence-corrected chi connectivity index (χ1v) is 5.78. The van der Waals surface area contributed by atoms with Gasteiger partial charge in [0, 0.05) is 26.1 Å². The molecule has 0 aromatic rings. The number of carbonyl (C=O) groups excluding carboxylic acids is 2. The Morgan fingerprint density at radius 2 is 2.25 bits per heavy atom. The third-order valence-electron chi connectivity index (χ3n) is 2.79. The molecule has 1 rings (SSSR count). The van der Waals surface area contributed by atoms with Crippen LogP contribution in [0.1, 0.15) is 26.7 Å². The highest BCUT2D eigenvalue weighted by molar-refractivity contribution is 5.82. The maximum Gasteiger partial charge on any atom is 0.225 e. The van der Waals surface area contributed by atoms with Gasteiger partial charge >= 0.3 is 0 Å². The van der Waals surface area contributed by atoms with Gasteiger partial charge in [0.15, 0.2) is 0 Å². The summed E-state index contributed by atoms with van der Waals surface area (Å²) in [6.45, 7) is 4.90. The van der Waals surface area contributed by atoms with Gasteiger partial charge in [-0.1, -0.05) is 6.92 Å². The zero-order valence-corrected chi connectivity index (χ0v) is 9.90. The molecule has 5 heteroatoms. The summed E-state index contributed by atoms with van der Waals surface area (Å²) < 4.78 is 0. The van der Waals surface area contributed by atoms with Crippen LogP contribution in [0.15, 0.2) is 0 Å². The molecular weight excluding hydrogens is 208 g/mol. The number of aliphatic hydroxyl groups excluding tert-OH is 1. The number of rotatable bonds is 4. The Kier molecular flexibility index (Phi) is 4.73. The third kappa shape index (κ3) is 3.48. The van der Waals surface area contributed by atoms with Gasteiger partial charge < -0.3 is 15.3 Å². The highest BCUT2D eigenvalue weighted by Gasteiger charge is 2.30. The Morgan fingerprint density at radius 1 is 1.56 bits per heavy atom. The highest BCUT2D eigenvalue weighted by Crippen LogP contribution is 2.16. The predicted molar refractivity (Wildman–Crippen MR) is 59.7 cm³/mol. The fraction of sp³-hybridized carbons (Fsp3) is 0.818. The molecule has 0 aliphatic carbocycles. The number of carbonyl (C=O) groups is 2. The van der Waals surface area contributed by atoms with Gasteiger partial charge in [-0.3, -0.25) is 9.59 Å². The topological polar surface area (TPSA) is 69.6 Å². The maximum atomic E-state index is 11.6. The summed E-state index contributed by atoms with van der Waals surface area (Å²) in [5.41, 5.74) is 0. The van der Waals surface area contributed by atoms with E-state index in [9.17, 15) is 9.59 Å². The highest BCUT2D eigenvalue weighted by atomic mass is 16.3. The zero-order chi connectivity index (χ0) is 12.1. The molecule has 1 aliphatic rings. The smallest absolute Gasteiger partial charge is 0.225 e. The van der Waals surface area contributed by atoms with E-state index in [4.69, 9.17) is 5.11 Å². The molecule has 0 saturated carbocycles. The Hall–Kier alpha value is -1.10. The zero-order valence-electron chi connectivity index (χ0n) is 9.90. The summed E-state index contributed by atoms with van der Waals surface area (Å²) in [5.74, 6) is -0.0765. The van der Waals surface area contributed by atoms with Gasteiger partial charge in [-0.2, -0.15) is 0 Å². The van der Waals surface area contributed by atoms with Gasteiger partial charge in [-0.25, -0.2) is 0 Å². The molecule has 92 valence electrons. The van der Waals surface area contributed by atoms with Gasteiger partial charge in [0.05, 0.1) is 12.0 Å². The molecule has 0 radical (unpaired) electrons. The second kappa shape index (κ2) is 5.84. The summed E-state index contributed by atoms with van der Waals surface area (Å²) in [6, 6.07) is 0. The second-order valence-corrected chi connectivity index (χ2v) is 4.27. The molecule has 2 atom stereocenters. The van der Waals surface area contributed by atoms with Gasteiger partial charge in [-0.15, -0.1) is 0 Å². The average Bonchev–Trinajstić information content (AvgIpc) is 2.74. The van der Waals surface area contributed by atoms with E-state index in [-0.39, 0.29) is 24.3 Å². The lowest BCUT2D eigenvalue weighted by Crippen LogP contribution is -2.37. The second-order valence-electron chi connectivity index (χ2n) is 4.27. The minimum Gasteiger partial charge on any atom is -0.392 e. The van der Waals surface area contributed by atoms with Crippen LogP contribution >= 0.6 is 0 Å². The summed E-state index contributed by atoms with van der Waals surface area (Å²) in [5, 5.41) is 11.7. The lowest BCUT2D eigenvalue weighted by Gasteiger charge is -2.15. The number of likely N-dealkylation sites (tertiary alicyclic amines) is 1. The minimum absolute atomic E-state index is 0.0627. The number of nitrogens with zero attached hydrogens (tertiary/aromatic N) is 1. The van der Waals surface area contributed by atoms with Crippen molar-refractivity contribution in [2.24, 2.45) is 5.92 Å². The summed E-state index contributed by atoms with van der Waals surface area (Å²) in [7, 11) is 0. The summed E-state index contributed by atoms with van der Waals surface area (Å²) in [4.78, 5) is 24.8. The number of aliphatic hydroxyl groups is 1. The van der Waals surface area contributed by atoms with Crippen LogP contribution in [0.4, 0.5) is 0 Å². The first-order chi connectivity index (χ1) is 7.54. The largest absolute Gasteiger partial charge is 0.392 e. The van der Waals surface area contributed by atoms with Crippen molar-refractivity contribution in [2.45, 2.75) is 32.8 Å². The molecule has 16 heavy (non-hydrogen) atoms. The van der Waals surface area contributed by atoms with Crippen molar-refractivity contribution in [3.8, 4) is 0 Å². The van der Waals surface area contributed by atoms with E-state index in [2.05, 4.69) is 5.32 Å². The number of hydrogen-bond acceptors (Lipinski definition) is 3. The quantitative estimate of drug-likeness (QED) is 0.696. The van der Waals surface area contributed by atoms with E-state index < -0.39 is 6.10 Å². The molecule has 1 heterocycles. The van der Waals surface area contributed by atoms with Crippen molar-refractivity contribution in [2.75, 3.05) is 19.6 Å². The third-order valence-corrected chi connectivity index (χ3v) is 2.79. The standard InChI is InChI=1S/C11H20N2O3/c1-3-10(15)13-5-4-9(7-13)11(16)12-6-8(2)14/h8-9,14H,3-7H2,1-2H3,(H,12,16). The number of amides is 2. The van der Waals surface area contributed by atoms with E-state index in [1.165, 1.54) is 0 Å². The first-order valence-electron chi connectivity index (χ1n) is 5.78. The maximum absolute atomic E-state index is 11.6. The molecule has 2 amide bonds. The Bertz CT molecular complexity index is 266. The van der Waals surface area contributed by atoms with Crippen molar-refractivity contribution >= 4 is 11.8 Å². The normalized spacial score (nSPS) is 21.9. The van der Waals surface area contributed by atoms with E-state index in [1.54, 1.807) is 11.8 Å². The lowest BCUT2D eigenvalue weighted by atomic mass is 10.1. The molecule has 1 fully saturated rings. The van der Waals surface area contributed by atoms with Crippen molar-refractivity contribution in [1.29, 1.82) is 0 Å². The van der Waals surface area contributed by atoms with Gasteiger partial charge in [0.25, 0.3) is 0 Å². The Balaban J connectivity index is 2.35. The predicted octanol–water partition coefficient (Wildman–Crippen LogP) is -0.258. The van der Waals surface area contributed by atoms with E-state index in [0.717, 1.165) is 6.42 Å². The van der Waals surface area contributed by atoms with Crippen LogP contribution in [0.2, 0.25) is 0 Å². The molecule has 0 aromatic carbocycles. The van der Waals surface area contributed by atoms with Crippen molar-refractivity contribution in [3.63, 3.8) is 0 Å². The van der Waals surface area contributed by atoms with E-state index in [1.807, 2.05) is 6.92 Å². The van der Waals surface area contributed by atoms with Crippen LogP contribution in [0, 0.1) is 5.92 Å². The van der Waals surface area contributed by atoms with Crippen LogP contribution in [-0.4, -0.2) is 47.6 Å². The molecule has 0 spiro atoms. The van der Waals surface area contributed by atoms with Crippen molar-refractivity contribution in [3.05, 3.63) is 0 Å². The van der Waals surface area contributed by atoms with E-state index in [0.29, 0.717) is 19.5 Å². The first kappa shape index (κ1) is 13.0. The van der Waals surface area contributed by atoms with Crippen LogP contribution < -0.4 is 5.32 Å². The fourth-order valence-electron chi connectivity index (χ4n) is 1.82. The molecular formula is C11H20N2O3. The average molecular weight is 228 g/mol. The van der Waals surface area contributed by atoms with Crippen molar-refractivity contribution < 1.29 is 14.7 Å². The SMILES string of the molecule is CCC(=O)N1CCC(C(=O)NCC(C)O)C1. The number of hydrogen-bond donors (Lipinski definition) is 2. The van der Waals surface area contributed by atoms with E-state index >= 15 is 0 Å². The van der Waals surface area contributed by atoms with Crippen LogP contribution in [0.25, 0.3) is 0 Å². The minimum atomic E-state index is -0.529. The van der Waals surface area contributed by atoms with Crippen LogP contribution in [-0.2, 0) is 9.59 Å². The summed E-state index contributed by atoms with van der Waals surface area (Å²) in [6.07, 6.45) is 0.679. The van der Waals surface area contributed by atoms with Gasteiger partial charge in [0.1, 0.15) is 0 Å². The molecule has 1 aliphatic heterocycles.